The zero-order valence-corrected chi connectivity index (χ0v) is 15.0. The lowest BCUT2D eigenvalue weighted by molar-refractivity contribution is -0.117. The van der Waals surface area contributed by atoms with Crippen LogP contribution in [-0.2, 0) is 4.79 Å². The molecule has 0 atom stereocenters. The Balaban J connectivity index is 2.58. The van der Waals surface area contributed by atoms with E-state index < -0.39 is 5.54 Å². The molecule has 0 unspecified atom stereocenters. The Kier molecular flexibility index (Phi) is 5.47. The number of hydrogen-bond acceptors (Lipinski definition) is 3. The highest BCUT2D eigenvalue weighted by Gasteiger charge is 2.25. The Morgan fingerprint density at radius 3 is 2.12 bits per heavy atom. The van der Waals surface area contributed by atoms with Crippen LogP contribution >= 0.6 is 0 Å². The predicted octanol–water partition coefficient (Wildman–Crippen LogP) is 4.00. The van der Waals surface area contributed by atoms with Gasteiger partial charge in [-0.25, -0.2) is 0 Å². The minimum absolute atomic E-state index is 0.0182. The number of nitrogens with one attached hydrogen (secondary N) is 1. The molecule has 132 valence electrons. The normalized spacial score (nSPS) is 11.0. The van der Waals surface area contributed by atoms with Crippen LogP contribution in [-0.4, -0.2) is 22.5 Å². The minimum atomic E-state index is -0.404. The van der Waals surface area contributed by atoms with Gasteiger partial charge in [-0.3, -0.25) is 14.5 Å². The third-order valence-corrected chi connectivity index (χ3v) is 3.55. The number of phenols is 1. The Morgan fingerprint density at radius 1 is 1.00 bits per heavy atom. The summed E-state index contributed by atoms with van der Waals surface area (Å²) in [5.41, 5.74) is 0.768. The van der Waals surface area contributed by atoms with Gasteiger partial charge in [-0.15, -0.1) is 0 Å². The van der Waals surface area contributed by atoms with Gasteiger partial charge in [0.1, 0.15) is 5.75 Å². The summed E-state index contributed by atoms with van der Waals surface area (Å²) in [5, 5.41) is 13.1. The van der Waals surface area contributed by atoms with Gasteiger partial charge in [0.25, 0.3) is 5.91 Å². The van der Waals surface area contributed by atoms with Gasteiger partial charge in [-0.2, -0.15) is 0 Å². The van der Waals surface area contributed by atoms with Crippen molar-refractivity contribution >= 4 is 23.2 Å². The lowest BCUT2D eigenvalue weighted by Gasteiger charge is -2.27. The number of para-hydroxylation sites is 3. The smallest absolute Gasteiger partial charge is 0.253 e. The molecular formula is C20H24N2O3. The molecule has 0 aliphatic carbocycles. The maximum atomic E-state index is 12.7. The van der Waals surface area contributed by atoms with E-state index in [1.54, 1.807) is 49.4 Å². The fourth-order valence-electron chi connectivity index (χ4n) is 2.48. The lowest BCUT2D eigenvalue weighted by Crippen LogP contribution is -2.41. The average Bonchev–Trinajstić information content (AvgIpc) is 2.55. The van der Waals surface area contributed by atoms with Crippen LogP contribution in [0.2, 0.25) is 0 Å². The number of carbonyl (C=O) groups is 2. The summed E-state index contributed by atoms with van der Waals surface area (Å²) < 4.78 is 0. The average molecular weight is 340 g/mol. The molecule has 0 spiro atoms. The van der Waals surface area contributed by atoms with Crippen LogP contribution in [0.4, 0.5) is 11.4 Å². The molecule has 2 N–H and O–H groups in total. The van der Waals surface area contributed by atoms with Crippen LogP contribution in [0.1, 0.15) is 44.5 Å². The molecule has 2 aromatic rings. The van der Waals surface area contributed by atoms with Crippen molar-refractivity contribution in [2.24, 2.45) is 0 Å². The minimum Gasteiger partial charge on any atom is -0.506 e. The molecule has 2 amide bonds. The summed E-state index contributed by atoms with van der Waals surface area (Å²) in [7, 11) is 0. The maximum absolute atomic E-state index is 12.7. The number of carbonyl (C=O) groups excluding carboxylic acids is 2. The van der Waals surface area contributed by atoms with Gasteiger partial charge in [0, 0.05) is 12.0 Å². The molecule has 0 fully saturated rings. The monoisotopic (exact) mass is 340 g/mol. The van der Waals surface area contributed by atoms with Crippen LogP contribution in [0, 0.1) is 0 Å². The van der Waals surface area contributed by atoms with Crippen LogP contribution in [0.25, 0.3) is 0 Å². The summed E-state index contributed by atoms with van der Waals surface area (Å²) in [5.74, 6) is -0.500. The van der Waals surface area contributed by atoms with E-state index in [0.717, 1.165) is 0 Å². The van der Waals surface area contributed by atoms with Crippen LogP contribution in [0.5, 0.6) is 5.75 Å². The molecule has 0 saturated heterocycles. The number of aromatic hydroxyl groups is 1. The number of phenolic OH excluding ortho intramolecular Hbond substituents is 1. The van der Waals surface area contributed by atoms with Gasteiger partial charge in [0.2, 0.25) is 5.91 Å². The molecule has 0 aliphatic heterocycles. The van der Waals surface area contributed by atoms with Crippen molar-refractivity contribution in [3.8, 4) is 5.75 Å². The fourth-order valence-corrected chi connectivity index (χ4v) is 2.48. The van der Waals surface area contributed by atoms with Gasteiger partial charge in [-0.1, -0.05) is 31.2 Å². The summed E-state index contributed by atoms with van der Waals surface area (Å²) >= 11 is 0. The van der Waals surface area contributed by atoms with Crippen LogP contribution < -0.4 is 10.2 Å². The fraction of sp³-hybridized carbons (Fsp3) is 0.300. The Labute approximate surface area is 148 Å². The van der Waals surface area contributed by atoms with Crippen molar-refractivity contribution in [3.05, 3.63) is 54.1 Å². The molecule has 5 nitrogen and oxygen atoms in total. The molecule has 0 saturated carbocycles. The molecule has 25 heavy (non-hydrogen) atoms. The van der Waals surface area contributed by atoms with Crippen LogP contribution in [0.3, 0.4) is 0 Å². The van der Waals surface area contributed by atoms with Crippen molar-refractivity contribution in [1.82, 2.24) is 5.32 Å². The molecule has 0 bridgehead atoms. The van der Waals surface area contributed by atoms with Gasteiger partial charge in [0.05, 0.1) is 16.9 Å². The first-order chi connectivity index (χ1) is 11.7. The second-order valence-electron chi connectivity index (χ2n) is 6.79. The molecule has 0 aromatic heterocycles. The highest BCUT2D eigenvalue weighted by molar-refractivity contribution is 6.09. The molecular weight excluding hydrogens is 316 g/mol. The van der Waals surface area contributed by atoms with Gasteiger partial charge >= 0.3 is 0 Å². The highest BCUT2D eigenvalue weighted by atomic mass is 16.3. The molecule has 2 rings (SSSR count). The third-order valence-electron chi connectivity index (χ3n) is 3.55. The first-order valence-electron chi connectivity index (χ1n) is 8.27. The number of anilines is 2. The van der Waals surface area contributed by atoms with E-state index in [4.69, 9.17) is 0 Å². The van der Waals surface area contributed by atoms with Crippen molar-refractivity contribution in [1.29, 1.82) is 0 Å². The second kappa shape index (κ2) is 7.38. The van der Waals surface area contributed by atoms with E-state index >= 15 is 0 Å². The van der Waals surface area contributed by atoms with E-state index in [1.807, 2.05) is 20.8 Å². The van der Waals surface area contributed by atoms with Gasteiger partial charge < -0.3 is 10.4 Å². The standard InChI is InChI=1S/C20H24N2O3/c1-5-18(24)22(16-12-8-9-13-17(16)23)15-11-7-6-10-14(15)19(25)21-20(2,3)4/h6-13,23H,5H2,1-4H3,(H,21,25). The topological polar surface area (TPSA) is 69.6 Å². The maximum Gasteiger partial charge on any atom is 0.253 e. The molecule has 0 heterocycles. The van der Waals surface area contributed by atoms with E-state index in [9.17, 15) is 14.7 Å². The Bertz CT molecular complexity index is 779. The summed E-state index contributed by atoms with van der Waals surface area (Å²) in [6.45, 7) is 7.43. The second-order valence-corrected chi connectivity index (χ2v) is 6.79. The van der Waals surface area contributed by atoms with Crippen molar-refractivity contribution in [2.45, 2.75) is 39.7 Å². The van der Waals surface area contributed by atoms with Crippen molar-refractivity contribution in [2.75, 3.05) is 4.90 Å². The van der Waals surface area contributed by atoms with Crippen molar-refractivity contribution < 1.29 is 14.7 Å². The zero-order chi connectivity index (χ0) is 18.6. The number of hydrogen-bond donors (Lipinski definition) is 2. The number of benzene rings is 2. The SMILES string of the molecule is CCC(=O)N(c1ccccc1O)c1ccccc1C(=O)NC(C)(C)C. The van der Waals surface area contributed by atoms with Gasteiger partial charge in [-0.05, 0) is 45.0 Å². The van der Waals surface area contributed by atoms with Gasteiger partial charge in [0.15, 0.2) is 0 Å². The molecule has 5 heteroatoms. The quantitative estimate of drug-likeness (QED) is 0.884. The molecule has 0 aliphatic rings. The Hall–Kier alpha value is -2.82. The number of amides is 2. The lowest BCUT2D eigenvalue weighted by atomic mass is 10.1. The zero-order valence-electron chi connectivity index (χ0n) is 15.0. The molecule has 0 radical (unpaired) electrons. The van der Waals surface area contributed by atoms with E-state index in [-0.39, 0.29) is 24.0 Å². The number of nitrogens with zero attached hydrogens (tertiary/aromatic N) is 1. The predicted molar refractivity (Wildman–Crippen MR) is 99.2 cm³/mol. The van der Waals surface area contributed by atoms with E-state index in [2.05, 4.69) is 5.32 Å². The third kappa shape index (κ3) is 4.38. The summed E-state index contributed by atoms with van der Waals surface area (Å²) in [4.78, 5) is 26.7. The van der Waals surface area contributed by atoms with E-state index in [1.165, 1.54) is 11.0 Å². The first-order valence-corrected chi connectivity index (χ1v) is 8.27. The Morgan fingerprint density at radius 2 is 1.56 bits per heavy atom. The van der Waals surface area contributed by atoms with E-state index in [0.29, 0.717) is 16.9 Å². The largest absolute Gasteiger partial charge is 0.506 e. The van der Waals surface area contributed by atoms with Crippen LogP contribution in [0.15, 0.2) is 48.5 Å². The summed E-state index contributed by atoms with van der Waals surface area (Å²) in [6, 6.07) is 13.5. The number of rotatable bonds is 4. The molecule has 2 aromatic carbocycles. The highest BCUT2D eigenvalue weighted by Crippen LogP contribution is 2.35. The van der Waals surface area contributed by atoms with Crippen molar-refractivity contribution in [3.63, 3.8) is 0 Å². The first kappa shape index (κ1) is 18.5. The summed E-state index contributed by atoms with van der Waals surface area (Å²) in [6.07, 6.45) is 0.240.